The molecule has 0 bridgehead atoms. The van der Waals surface area contributed by atoms with Crippen molar-refractivity contribution in [2.75, 3.05) is 7.05 Å². The van der Waals surface area contributed by atoms with Crippen LogP contribution in [0.25, 0.3) is 0 Å². The fourth-order valence-corrected chi connectivity index (χ4v) is 3.56. The van der Waals surface area contributed by atoms with Crippen molar-refractivity contribution in [2.45, 2.75) is 57.6 Å². The second-order valence-corrected chi connectivity index (χ2v) is 7.37. The number of rotatable bonds is 5. The molecular formula is C21H27N3O4. The Morgan fingerprint density at radius 3 is 2.57 bits per heavy atom. The van der Waals surface area contributed by atoms with Gasteiger partial charge in [0.15, 0.2) is 5.76 Å². The van der Waals surface area contributed by atoms with Crippen LogP contribution in [0.15, 0.2) is 28.7 Å². The molecule has 0 saturated heterocycles. The van der Waals surface area contributed by atoms with Gasteiger partial charge < -0.3 is 20.2 Å². The Hall–Kier alpha value is -2.67. The van der Waals surface area contributed by atoms with Gasteiger partial charge in [-0.1, -0.05) is 6.07 Å². The molecule has 3 N–H and O–H groups in total. The van der Waals surface area contributed by atoms with Crippen LogP contribution in [0.2, 0.25) is 0 Å². The van der Waals surface area contributed by atoms with Crippen LogP contribution < -0.4 is 10.6 Å². The molecule has 1 aliphatic rings. The molecular weight excluding hydrogens is 358 g/mol. The molecule has 0 radical (unpaired) electrons. The lowest BCUT2D eigenvalue weighted by atomic mass is 9.92. The molecule has 0 aliphatic heterocycles. The van der Waals surface area contributed by atoms with Crippen molar-refractivity contribution in [3.8, 4) is 0 Å². The summed E-state index contributed by atoms with van der Waals surface area (Å²) < 4.78 is 5.80. The fraction of sp³-hybridized carbons (Fsp3) is 0.476. The Balaban J connectivity index is 1.89. The average Bonchev–Trinajstić information content (AvgIpc) is 3.14. The first-order chi connectivity index (χ1) is 13.4. The Kier molecular flexibility index (Phi) is 6.14. The number of aryl methyl sites for hydroxylation is 1. The van der Waals surface area contributed by atoms with Crippen molar-refractivity contribution in [1.82, 2.24) is 15.6 Å². The monoisotopic (exact) mass is 385 g/mol. The number of amides is 2. The highest BCUT2D eigenvalue weighted by Gasteiger charge is 2.28. The predicted molar refractivity (Wildman–Crippen MR) is 104 cm³/mol. The quantitative estimate of drug-likeness (QED) is 0.734. The minimum Gasteiger partial charge on any atom is -0.454 e. The van der Waals surface area contributed by atoms with Gasteiger partial charge in [-0.3, -0.25) is 14.6 Å². The molecule has 7 nitrogen and oxygen atoms in total. The second kappa shape index (κ2) is 8.56. The SMILES string of the molecule is CNC(=O)c1cc(C(=O)NC2CCC(O)CC2)c(C(C)c2cccc(C)n2)o1. The molecule has 2 aromatic rings. The molecule has 1 saturated carbocycles. The number of aromatic nitrogens is 1. The van der Waals surface area contributed by atoms with Gasteiger partial charge in [-0.05, 0) is 51.7 Å². The minimum absolute atomic E-state index is 0.00880. The number of hydrogen-bond acceptors (Lipinski definition) is 5. The maximum Gasteiger partial charge on any atom is 0.286 e. The van der Waals surface area contributed by atoms with E-state index >= 15 is 0 Å². The molecule has 1 aliphatic carbocycles. The highest BCUT2D eigenvalue weighted by molar-refractivity contribution is 5.99. The number of pyridine rings is 1. The summed E-state index contributed by atoms with van der Waals surface area (Å²) in [5.74, 6) is -0.418. The van der Waals surface area contributed by atoms with Crippen LogP contribution >= 0.6 is 0 Å². The normalized spacial score (nSPS) is 20.4. The number of nitrogens with zero attached hydrogens (tertiary/aromatic N) is 1. The van der Waals surface area contributed by atoms with Crippen molar-refractivity contribution in [3.63, 3.8) is 0 Å². The fourth-order valence-electron chi connectivity index (χ4n) is 3.56. The molecule has 0 spiro atoms. The van der Waals surface area contributed by atoms with Crippen LogP contribution in [0, 0.1) is 6.92 Å². The molecule has 3 rings (SSSR count). The van der Waals surface area contributed by atoms with E-state index < -0.39 is 0 Å². The van der Waals surface area contributed by atoms with Crippen LogP contribution in [-0.2, 0) is 0 Å². The summed E-state index contributed by atoms with van der Waals surface area (Å²) in [5, 5.41) is 15.2. The zero-order chi connectivity index (χ0) is 20.3. The number of carbonyl (C=O) groups is 2. The van der Waals surface area contributed by atoms with E-state index in [2.05, 4.69) is 15.6 Å². The van der Waals surface area contributed by atoms with E-state index in [4.69, 9.17) is 4.42 Å². The van der Waals surface area contributed by atoms with E-state index in [9.17, 15) is 14.7 Å². The van der Waals surface area contributed by atoms with Gasteiger partial charge in [-0.2, -0.15) is 0 Å². The molecule has 7 heteroatoms. The summed E-state index contributed by atoms with van der Waals surface area (Å²) in [7, 11) is 1.52. The maximum atomic E-state index is 13.0. The Labute approximate surface area is 164 Å². The number of aliphatic hydroxyl groups is 1. The topological polar surface area (TPSA) is 104 Å². The molecule has 2 heterocycles. The largest absolute Gasteiger partial charge is 0.454 e. The predicted octanol–water partition coefficient (Wildman–Crippen LogP) is 2.53. The molecule has 28 heavy (non-hydrogen) atoms. The first kappa shape index (κ1) is 20.1. The molecule has 2 amide bonds. The lowest BCUT2D eigenvalue weighted by molar-refractivity contribution is 0.0864. The third-order valence-electron chi connectivity index (χ3n) is 5.24. The maximum absolute atomic E-state index is 13.0. The minimum atomic E-state index is -0.384. The summed E-state index contributed by atoms with van der Waals surface area (Å²) in [6.07, 6.45) is 2.53. The van der Waals surface area contributed by atoms with Crippen LogP contribution in [0.3, 0.4) is 0 Å². The molecule has 1 unspecified atom stereocenters. The van der Waals surface area contributed by atoms with Gasteiger partial charge in [-0.15, -0.1) is 0 Å². The molecule has 1 atom stereocenters. The smallest absolute Gasteiger partial charge is 0.286 e. The molecule has 1 fully saturated rings. The van der Waals surface area contributed by atoms with Crippen LogP contribution in [0.4, 0.5) is 0 Å². The summed E-state index contributed by atoms with van der Waals surface area (Å²) in [4.78, 5) is 29.5. The molecule has 2 aromatic heterocycles. The first-order valence-corrected chi connectivity index (χ1v) is 9.67. The molecule has 150 valence electrons. The number of nitrogens with one attached hydrogen (secondary N) is 2. The van der Waals surface area contributed by atoms with E-state index in [0.29, 0.717) is 24.2 Å². The van der Waals surface area contributed by atoms with Gasteiger partial charge in [-0.25, -0.2) is 0 Å². The lowest BCUT2D eigenvalue weighted by Crippen LogP contribution is -2.38. The van der Waals surface area contributed by atoms with Crippen molar-refractivity contribution in [3.05, 3.63) is 52.7 Å². The number of aliphatic hydroxyl groups excluding tert-OH is 1. The highest BCUT2D eigenvalue weighted by atomic mass is 16.4. The van der Waals surface area contributed by atoms with E-state index in [1.54, 1.807) is 0 Å². The van der Waals surface area contributed by atoms with Gasteiger partial charge in [0.05, 0.1) is 23.3 Å². The number of furan rings is 1. The van der Waals surface area contributed by atoms with Gasteiger partial charge in [0, 0.05) is 24.8 Å². The van der Waals surface area contributed by atoms with E-state index in [0.717, 1.165) is 24.2 Å². The Morgan fingerprint density at radius 2 is 1.93 bits per heavy atom. The first-order valence-electron chi connectivity index (χ1n) is 9.67. The van der Waals surface area contributed by atoms with Crippen molar-refractivity contribution >= 4 is 11.8 Å². The van der Waals surface area contributed by atoms with Crippen LogP contribution in [0.5, 0.6) is 0 Å². The standard InChI is InChI=1S/C21H27N3O4/c1-12-5-4-6-17(23-12)13(2)19-16(11-18(28-19)21(27)22-3)20(26)24-14-7-9-15(25)10-8-14/h4-6,11,13-15,25H,7-10H2,1-3H3,(H,22,27)(H,24,26). The third-order valence-corrected chi connectivity index (χ3v) is 5.24. The lowest BCUT2D eigenvalue weighted by Gasteiger charge is -2.26. The van der Waals surface area contributed by atoms with E-state index in [1.165, 1.54) is 13.1 Å². The van der Waals surface area contributed by atoms with Crippen molar-refractivity contribution in [1.29, 1.82) is 0 Å². The van der Waals surface area contributed by atoms with E-state index in [1.807, 2.05) is 32.0 Å². The van der Waals surface area contributed by atoms with Gasteiger partial charge >= 0.3 is 0 Å². The van der Waals surface area contributed by atoms with Crippen LogP contribution in [0.1, 0.15) is 76.6 Å². The highest BCUT2D eigenvalue weighted by Crippen LogP contribution is 2.29. The number of hydrogen-bond donors (Lipinski definition) is 3. The zero-order valence-electron chi connectivity index (χ0n) is 16.5. The summed E-state index contributed by atoms with van der Waals surface area (Å²) in [5.41, 5.74) is 1.99. The average molecular weight is 385 g/mol. The Morgan fingerprint density at radius 1 is 1.21 bits per heavy atom. The van der Waals surface area contributed by atoms with Crippen molar-refractivity contribution in [2.24, 2.45) is 0 Å². The summed E-state index contributed by atoms with van der Waals surface area (Å²) >= 11 is 0. The summed E-state index contributed by atoms with van der Waals surface area (Å²) in [6, 6.07) is 7.19. The van der Waals surface area contributed by atoms with Gasteiger partial charge in [0.1, 0.15) is 5.76 Å². The van der Waals surface area contributed by atoms with Gasteiger partial charge in [0.2, 0.25) is 0 Å². The van der Waals surface area contributed by atoms with E-state index in [-0.39, 0.29) is 35.6 Å². The van der Waals surface area contributed by atoms with Gasteiger partial charge in [0.25, 0.3) is 11.8 Å². The number of carbonyl (C=O) groups excluding carboxylic acids is 2. The molecule has 0 aromatic carbocycles. The van der Waals surface area contributed by atoms with Crippen LogP contribution in [-0.4, -0.2) is 41.1 Å². The second-order valence-electron chi connectivity index (χ2n) is 7.37. The zero-order valence-corrected chi connectivity index (χ0v) is 16.5. The summed E-state index contributed by atoms with van der Waals surface area (Å²) in [6.45, 7) is 3.81. The third kappa shape index (κ3) is 4.42. The Bertz CT molecular complexity index is 853. The van der Waals surface area contributed by atoms with Crippen molar-refractivity contribution < 1.29 is 19.1 Å².